The van der Waals surface area contributed by atoms with Gasteiger partial charge >= 0.3 is 0 Å². The molecular formula is C20H28N4. The number of benzene rings is 2. The van der Waals surface area contributed by atoms with E-state index < -0.39 is 0 Å². The number of hydrogen-bond donors (Lipinski definition) is 2. The number of hydrogen-bond acceptors (Lipinski definition) is 4. The zero-order chi connectivity index (χ0) is 16.5. The van der Waals surface area contributed by atoms with Crippen molar-refractivity contribution in [1.82, 2.24) is 20.9 Å². The quantitative estimate of drug-likeness (QED) is 0.778. The van der Waals surface area contributed by atoms with Gasteiger partial charge in [-0.05, 0) is 24.0 Å². The summed E-state index contributed by atoms with van der Waals surface area (Å²) in [5.41, 5.74) is 9.89. The maximum atomic E-state index is 3.55. The van der Waals surface area contributed by atoms with Crippen LogP contribution in [0.2, 0.25) is 0 Å². The van der Waals surface area contributed by atoms with Gasteiger partial charge in [-0.1, -0.05) is 60.7 Å². The molecule has 0 amide bonds. The normalized spacial score (nSPS) is 16.3. The van der Waals surface area contributed by atoms with Crippen LogP contribution >= 0.6 is 0 Å². The molecular weight excluding hydrogens is 296 g/mol. The minimum absolute atomic E-state index is 1.01. The van der Waals surface area contributed by atoms with Gasteiger partial charge in [-0.25, -0.2) is 10.0 Å². The number of piperazine rings is 1. The molecule has 0 spiro atoms. The third-order valence-corrected chi connectivity index (χ3v) is 4.46. The van der Waals surface area contributed by atoms with E-state index in [4.69, 9.17) is 0 Å². The van der Waals surface area contributed by atoms with Crippen LogP contribution in [-0.2, 0) is 12.8 Å². The molecule has 1 fully saturated rings. The Morgan fingerprint density at radius 1 is 0.583 bits per heavy atom. The zero-order valence-electron chi connectivity index (χ0n) is 14.3. The third-order valence-electron chi connectivity index (χ3n) is 4.46. The molecule has 1 heterocycles. The Balaban J connectivity index is 1.27. The van der Waals surface area contributed by atoms with E-state index in [2.05, 4.69) is 81.5 Å². The summed E-state index contributed by atoms with van der Waals surface area (Å²) in [6.45, 7) is 6.26. The van der Waals surface area contributed by atoms with E-state index in [0.29, 0.717) is 0 Å². The molecule has 0 atom stereocenters. The van der Waals surface area contributed by atoms with Gasteiger partial charge in [0, 0.05) is 39.3 Å². The lowest BCUT2D eigenvalue weighted by Gasteiger charge is -2.35. The number of hydrazine groups is 2. The molecule has 1 aliphatic heterocycles. The predicted octanol–water partition coefficient (Wildman–Crippen LogP) is 2.10. The minimum atomic E-state index is 1.01. The Bertz CT molecular complexity index is 511. The van der Waals surface area contributed by atoms with Gasteiger partial charge in [0.15, 0.2) is 0 Å². The van der Waals surface area contributed by atoms with Crippen molar-refractivity contribution in [2.45, 2.75) is 12.8 Å². The van der Waals surface area contributed by atoms with Crippen LogP contribution in [0, 0.1) is 0 Å². The molecule has 0 bridgehead atoms. The topological polar surface area (TPSA) is 30.5 Å². The highest BCUT2D eigenvalue weighted by Gasteiger charge is 2.15. The van der Waals surface area contributed by atoms with Gasteiger partial charge in [0.25, 0.3) is 0 Å². The summed E-state index contributed by atoms with van der Waals surface area (Å²) in [7, 11) is 0. The van der Waals surface area contributed by atoms with Gasteiger partial charge in [-0.3, -0.25) is 10.9 Å². The van der Waals surface area contributed by atoms with Crippen molar-refractivity contribution in [2.75, 3.05) is 39.3 Å². The summed E-state index contributed by atoms with van der Waals surface area (Å²) >= 11 is 0. The Kier molecular flexibility index (Phi) is 6.81. The Hall–Kier alpha value is -1.72. The van der Waals surface area contributed by atoms with Crippen LogP contribution in [0.25, 0.3) is 0 Å². The summed E-state index contributed by atoms with van der Waals surface area (Å²) in [5, 5.41) is 4.69. The summed E-state index contributed by atoms with van der Waals surface area (Å²) in [6, 6.07) is 21.3. The van der Waals surface area contributed by atoms with Gasteiger partial charge in [0.05, 0.1) is 0 Å². The zero-order valence-corrected chi connectivity index (χ0v) is 14.3. The number of nitrogens with zero attached hydrogens (tertiary/aromatic N) is 2. The largest absolute Gasteiger partial charge is 0.255 e. The van der Waals surface area contributed by atoms with E-state index in [-0.39, 0.29) is 0 Å². The molecule has 0 aliphatic carbocycles. The van der Waals surface area contributed by atoms with Crippen LogP contribution < -0.4 is 10.9 Å². The lowest BCUT2D eigenvalue weighted by molar-refractivity contribution is 0.0593. The second-order valence-corrected chi connectivity index (χ2v) is 6.26. The van der Waals surface area contributed by atoms with Crippen molar-refractivity contribution in [3.63, 3.8) is 0 Å². The molecule has 1 aliphatic rings. The molecule has 2 aromatic carbocycles. The van der Waals surface area contributed by atoms with E-state index in [0.717, 1.165) is 52.1 Å². The molecule has 3 rings (SSSR count). The molecule has 1 saturated heterocycles. The molecule has 0 radical (unpaired) electrons. The fraction of sp³-hybridized carbons (Fsp3) is 0.400. The second kappa shape index (κ2) is 9.55. The highest BCUT2D eigenvalue weighted by molar-refractivity contribution is 5.15. The maximum absolute atomic E-state index is 3.55. The van der Waals surface area contributed by atoms with Crippen LogP contribution in [0.3, 0.4) is 0 Å². The Morgan fingerprint density at radius 2 is 0.958 bits per heavy atom. The standard InChI is InChI=1S/C20H28N4/c1-3-7-19(8-4-1)11-13-21-23-15-17-24(18-16-23)22-14-12-20-9-5-2-6-10-20/h1-10,21-22H,11-18H2. The van der Waals surface area contributed by atoms with Crippen LogP contribution in [0.1, 0.15) is 11.1 Å². The number of rotatable bonds is 8. The Morgan fingerprint density at radius 3 is 1.33 bits per heavy atom. The van der Waals surface area contributed by atoms with Crippen molar-refractivity contribution >= 4 is 0 Å². The van der Waals surface area contributed by atoms with E-state index in [9.17, 15) is 0 Å². The summed E-state index contributed by atoms with van der Waals surface area (Å²) < 4.78 is 0. The average molecular weight is 324 g/mol. The first-order valence-electron chi connectivity index (χ1n) is 8.95. The second-order valence-electron chi connectivity index (χ2n) is 6.26. The van der Waals surface area contributed by atoms with Crippen molar-refractivity contribution in [3.05, 3.63) is 71.8 Å². The van der Waals surface area contributed by atoms with Crippen molar-refractivity contribution < 1.29 is 0 Å². The third kappa shape index (κ3) is 5.73. The molecule has 0 saturated carbocycles. The molecule has 0 aromatic heterocycles. The van der Waals surface area contributed by atoms with Crippen LogP contribution in [0.4, 0.5) is 0 Å². The summed E-state index contributed by atoms with van der Waals surface area (Å²) in [5.74, 6) is 0. The highest BCUT2D eigenvalue weighted by Crippen LogP contribution is 2.01. The predicted molar refractivity (Wildman–Crippen MR) is 99.4 cm³/mol. The lowest BCUT2D eigenvalue weighted by atomic mass is 10.1. The van der Waals surface area contributed by atoms with E-state index in [1.54, 1.807) is 0 Å². The minimum Gasteiger partial charge on any atom is -0.255 e. The summed E-state index contributed by atoms with van der Waals surface area (Å²) in [6.07, 6.45) is 2.16. The lowest BCUT2D eigenvalue weighted by Crippen LogP contribution is -2.56. The first-order valence-corrected chi connectivity index (χ1v) is 8.95. The molecule has 2 aromatic rings. The summed E-state index contributed by atoms with van der Waals surface area (Å²) in [4.78, 5) is 0. The SMILES string of the molecule is c1ccc(CCNN2CCN(NCCc3ccccc3)CC2)cc1. The number of nitrogens with one attached hydrogen (secondary N) is 2. The van der Waals surface area contributed by atoms with Crippen molar-refractivity contribution in [2.24, 2.45) is 0 Å². The van der Waals surface area contributed by atoms with Crippen LogP contribution in [-0.4, -0.2) is 49.3 Å². The van der Waals surface area contributed by atoms with Crippen LogP contribution in [0.15, 0.2) is 60.7 Å². The van der Waals surface area contributed by atoms with E-state index in [1.807, 2.05) is 0 Å². The highest BCUT2D eigenvalue weighted by atomic mass is 15.6. The Labute approximate surface area is 145 Å². The fourth-order valence-corrected chi connectivity index (χ4v) is 3.03. The van der Waals surface area contributed by atoms with Gasteiger partial charge in [-0.2, -0.15) is 0 Å². The van der Waals surface area contributed by atoms with Gasteiger partial charge in [-0.15, -0.1) is 0 Å². The van der Waals surface area contributed by atoms with Gasteiger partial charge in [0.1, 0.15) is 0 Å². The van der Waals surface area contributed by atoms with Gasteiger partial charge in [0.2, 0.25) is 0 Å². The first kappa shape index (κ1) is 17.1. The van der Waals surface area contributed by atoms with Crippen LogP contribution in [0.5, 0.6) is 0 Å². The molecule has 0 unspecified atom stereocenters. The smallest absolute Gasteiger partial charge is 0.0273 e. The average Bonchev–Trinajstić information content (AvgIpc) is 2.65. The van der Waals surface area contributed by atoms with Crippen molar-refractivity contribution in [1.29, 1.82) is 0 Å². The molecule has 4 nitrogen and oxygen atoms in total. The first-order chi connectivity index (χ1) is 11.9. The fourth-order valence-electron chi connectivity index (χ4n) is 3.03. The van der Waals surface area contributed by atoms with E-state index in [1.165, 1.54) is 11.1 Å². The van der Waals surface area contributed by atoms with E-state index >= 15 is 0 Å². The monoisotopic (exact) mass is 324 g/mol. The van der Waals surface area contributed by atoms with Gasteiger partial charge < -0.3 is 0 Å². The molecule has 2 N–H and O–H groups in total. The molecule has 4 heteroatoms. The molecule has 128 valence electrons. The maximum Gasteiger partial charge on any atom is 0.0273 e. The van der Waals surface area contributed by atoms with Crippen molar-refractivity contribution in [3.8, 4) is 0 Å². The molecule has 24 heavy (non-hydrogen) atoms.